The minimum absolute atomic E-state index is 0.194. The van der Waals surface area contributed by atoms with Crippen LogP contribution in [0, 0.1) is 0 Å². The molecule has 0 bridgehead atoms. The molecule has 0 unspecified atom stereocenters. The highest BCUT2D eigenvalue weighted by atomic mass is 16.6. The molecular weight excluding hydrogens is 484 g/mol. The number of carbonyl (C=O) groups excluding carboxylic acids is 3. The van der Waals surface area contributed by atoms with Crippen LogP contribution in [0.15, 0.2) is 83.9 Å². The fraction of sp³-hybridized carbons (Fsp3) is 0.267. The summed E-state index contributed by atoms with van der Waals surface area (Å²) in [5.41, 5.74) is 2.25. The first-order valence-corrected chi connectivity index (χ1v) is 12.2. The summed E-state index contributed by atoms with van der Waals surface area (Å²) in [6.07, 6.45) is -0.755. The highest BCUT2D eigenvalue weighted by Gasteiger charge is 2.50. The number of hydrogen-bond donors (Lipinski definition) is 0. The molecular formula is C30H30N2O6. The Balaban J connectivity index is 2.02. The molecule has 4 rings (SSSR count). The largest absolute Gasteiger partial charge is 0.467 e. The number of anilines is 1. The zero-order chi connectivity index (χ0) is 27.4. The highest BCUT2D eigenvalue weighted by molar-refractivity contribution is 6.13. The summed E-state index contributed by atoms with van der Waals surface area (Å²) < 4.78 is 15.9. The second-order valence-corrected chi connectivity index (χ2v) is 9.70. The van der Waals surface area contributed by atoms with Gasteiger partial charge in [0.05, 0.1) is 31.2 Å². The van der Waals surface area contributed by atoms with Gasteiger partial charge < -0.3 is 14.2 Å². The third-order valence-corrected chi connectivity index (χ3v) is 6.02. The number of hydrogen-bond acceptors (Lipinski definition) is 7. The molecule has 2 atom stereocenters. The van der Waals surface area contributed by atoms with Crippen LogP contribution in [0.5, 0.6) is 0 Å². The van der Waals surface area contributed by atoms with Gasteiger partial charge in [-0.3, -0.25) is 9.89 Å². The van der Waals surface area contributed by atoms with Crippen molar-refractivity contribution >= 4 is 29.4 Å². The summed E-state index contributed by atoms with van der Waals surface area (Å²) in [5.74, 6) is -1.31. The van der Waals surface area contributed by atoms with Crippen LogP contribution in [0.2, 0.25) is 0 Å². The summed E-state index contributed by atoms with van der Waals surface area (Å²) in [6, 6.07) is 21.6. The maximum absolute atomic E-state index is 13.5. The van der Waals surface area contributed by atoms with E-state index < -0.39 is 35.7 Å². The Morgan fingerprint density at radius 3 is 1.87 bits per heavy atom. The van der Waals surface area contributed by atoms with Gasteiger partial charge in [-0.2, -0.15) is 0 Å². The summed E-state index contributed by atoms with van der Waals surface area (Å²) in [6.45, 7) is 5.20. The normalized spacial score (nSPS) is 16.3. The number of aliphatic imine (C=N–C) groups is 1. The first kappa shape index (κ1) is 26.6. The van der Waals surface area contributed by atoms with E-state index in [0.29, 0.717) is 17.0 Å². The van der Waals surface area contributed by atoms with E-state index in [2.05, 4.69) is 0 Å². The van der Waals surface area contributed by atoms with Gasteiger partial charge in [0.15, 0.2) is 6.04 Å². The average Bonchev–Trinajstić information content (AvgIpc) is 3.25. The third kappa shape index (κ3) is 5.29. The van der Waals surface area contributed by atoms with Gasteiger partial charge in [0.1, 0.15) is 11.6 Å². The Hall–Kier alpha value is -4.46. The molecule has 1 aliphatic rings. The molecule has 8 nitrogen and oxygen atoms in total. The Bertz CT molecular complexity index is 1320. The van der Waals surface area contributed by atoms with E-state index in [1.54, 1.807) is 39.0 Å². The number of fused-ring (bicyclic) bond motifs is 1. The number of benzene rings is 3. The lowest BCUT2D eigenvalue weighted by Crippen LogP contribution is -2.47. The summed E-state index contributed by atoms with van der Waals surface area (Å²) in [5, 5.41) is 0. The third-order valence-electron chi connectivity index (χ3n) is 6.02. The number of nitrogens with zero attached hydrogens (tertiary/aromatic N) is 2. The standard InChI is InChI=1S/C30H30N2O6/c1-30(2,3)38-29(35)32-22-18-12-17-21(27(33)36-4)23(22)25(26(32)28(34)37-5)31-24(19-13-8-6-9-14-19)20-15-10-7-11-16-20/h6-18,25-26H,1-5H3/t25-,26-/m1/s1. The molecule has 0 saturated heterocycles. The summed E-state index contributed by atoms with van der Waals surface area (Å²) in [4.78, 5) is 46.0. The van der Waals surface area contributed by atoms with Crippen LogP contribution in [-0.2, 0) is 19.0 Å². The van der Waals surface area contributed by atoms with Gasteiger partial charge in [-0.25, -0.2) is 14.4 Å². The predicted molar refractivity (Wildman–Crippen MR) is 144 cm³/mol. The maximum atomic E-state index is 13.5. The zero-order valence-electron chi connectivity index (χ0n) is 22.0. The number of rotatable bonds is 5. The fourth-order valence-corrected chi connectivity index (χ4v) is 4.47. The molecule has 0 saturated carbocycles. The number of amides is 1. The molecule has 0 radical (unpaired) electrons. The highest BCUT2D eigenvalue weighted by Crippen LogP contribution is 2.45. The molecule has 0 spiro atoms. The minimum atomic E-state index is -1.22. The molecule has 3 aromatic rings. The van der Waals surface area contributed by atoms with Crippen LogP contribution < -0.4 is 4.90 Å². The molecule has 1 aliphatic heterocycles. The summed E-state index contributed by atoms with van der Waals surface area (Å²) >= 11 is 0. The van der Waals surface area contributed by atoms with Gasteiger partial charge in [0.2, 0.25) is 0 Å². The Kier molecular flexibility index (Phi) is 7.62. The van der Waals surface area contributed by atoms with Crippen molar-refractivity contribution in [2.75, 3.05) is 19.1 Å². The van der Waals surface area contributed by atoms with Crippen LogP contribution in [0.4, 0.5) is 10.5 Å². The van der Waals surface area contributed by atoms with E-state index in [1.807, 2.05) is 60.7 Å². The molecule has 1 heterocycles. The topological polar surface area (TPSA) is 94.5 Å². The lowest BCUT2D eigenvalue weighted by Gasteiger charge is -2.29. The Morgan fingerprint density at radius 1 is 0.789 bits per heavy atom. The predicted octanol–water partition coefficient (Wildman–Crippen LogP) is 5.35. The monoisotopic (exact) mass is 514 g/mol. The summed E-state index contributed by atoms with van der Waals surface area (Å²) in [7, 11) is 2.52. The Morgan fingerprint density at radius 2 is 1.37 bits per heavy atom. The molecule has 0 N–H and O–H groups in total. The van der Waals surface area contributed by atoms with E-state index in [4.69, 9.17) is 19.2 Å². The van der Waals surface area contributed by atoms with Gasteiger partial charge in [0, 0.05) is 16.7 Å². The number of ether oxygens (including phenoxy) is 3. The van der Waals surface area contributed by atoms with Crippen molar-refractivity contribution in [2.45, 2.75) is 38.5 Å². The quantitative estimate of drug-likeness (QED) is 0.259. The van der Waals surface area contributed by atoms with Crippen molar-refractivity contribution in [1.29, 1.82) is 0 Å². The zero-order valence-corrected chi connectivity index (χ0v) is 22.0. The number of esters is 2. The molecule has 8 heteroatoms. The van der Waals surface area contributed by atoms with Gasteiger partial charge >= 0.3 is 18.0 Å². The van der Waals surface area contributed by atoms with Gasteiger partial charge in [0.25, 0.3) is 0 Å². The second kappa shape index (κ2) is 10.9. The van der Waals surface area contributed by atoms with Crippen molar-refractivity contribution in [3.8, 4) is 0 Å². The molecule has 1 amide bonds. The fourth-order valence-electron chi connectivity index (χ4n) is 4.47. The van der Waals surface area contributed by atoms with E-state index in [9.17, 15) is 14.4 Å². The molecule has 3 aromatic carbocycles. The van der Waals surface area contributed by atoms with E-state index in [-0.39, 0.29) is 5.56 Å². The van der Waals surface area contributed by atoms with E-state index >= 15 is 0 Å². The van der Waals surface area contributed by atoms with Crippen LogP contribution in [0.1, 0.15) is 53.9 Å². The van der Waals surface area contributed by atoms with E-state index in [1.165, 1.54) is 19.1 Å². The van der Waals surface area contributed by atoms with Gasteiger partial charge in [-0.15, -0.1) is 0 Å². The van der Waals surface area contributed by atoms with Crippen molar-refractivity contribution in [1.82, 2.24) is 0 Å². The van der Waals surface area contributed by atoms with Crippen LogP contribution in [0.25, 0.3) is 0 Å². The van der Waals surface area contributed by atoms with Crippen LogP contribution >= 0.6 is 0 Å². The molecule has 0 aliphatic carbocycles. The van der Waals surface area contributed by atoms with Crippen molar-refractivity contribution < 1.29 is 28.6 Å². The van der Waals surface area contributed by atoms with Gasteiger partial charge in [-0.05, 0) is 32.9 Å². The Labute approximate surface area is 221 Å². The first-order chi connectivity index (χ1) is 18.2. The lowest BCUT2D eigenvalue weighted by atomic mass is 9.96. The second-order valence-electron chi connectivity index (χ2n) is 9.70. The van der Waals surface area contributed by atoms with Crippen LogP contribution in [0.3, 0.4) is 0 Å². The first-order valence-electron chi connectivity index (χ1n) is 12.2. The van der Waals surface area contributed by atoms with Gasteiger partial charge in [-0.1, -0.05) is 66.7 Å². The molecule has 38 heavy (non-hydrogen) atoms. The molecule has 0 aromatic heterocycles. The van der Waals surface area contributed by atoms with Crippen molar-refractivity contribution in [3.63, 3.8) is 0 Å². The number of carbonyl (C=O) groups is 3. The van der Waals surface area contributed by atoms with E-state index in [0.717, 1.165) is 11.1 Å². The van der Waals surface area contributed by atoms with Crippen LogP contribution in [-0.4, -0.2) is 49.6 Å². The smallest absolute Gasteiger partial charge is 0.415 e. The lowest BCUT2D eigenvalue weighted by molar-refractivity contribution is -0.142. The maximum Gasteiger partial charge on any atom is 0.415 e. The van der Waals surface area contributed by atoms with Crippen molar-refractivity contribution in [2.24, 2.45) is 4.99 Å². The average molecular weight is 515 g/mol. The molecule has 0 fully saturated rings. The SMILES string of the molecule is COC(=O)c1cccc2c1[C@@H](N=C(c1ccccc1)c1ccccc1)[C@H](C(=O)OC)N2C(=O)OC(C)(C)C. The number of methoxy groups -OCH3 is 2. The van der Waals surface area contributed by atoms with Crippen molar-refractivity contribution in [3.05, 3.63) is 101 Å². The minimum Gasteiger partial charge on any atom is -0.467 e. The molecule has 196 valence electrons.